The van der Waals surface area contributed by atoms with E-state index in [0.717, 1.165) is 37.8 Å². The van der Waals surface area contributed by atoms with Crippen LogP contribution in [0.4, 0.5) is 17.5 Å². The van der Waals surface area contributed by atoms with Crippen LogP contribution < -0.4 is 15.5 Å². The van der Waals surface area contributed by atoms with Crippen molar-refractivity contribution in [1.29, 1.82) is 0 Å². The molecule has 19 heavy (non-hydrogen) atoms. The summed E-state index contributed by atoms with van der Waals surface area (Å²) in [4.78, 5) is 21.2. The van der Waals surface area contributed by atoms with Gasteiger partial charge in [-0.3, -0.25) is 9.97 Å². The normalized spacial score (nSPS) is 15.6. The summed E-state index contributed by atoms with van der Waals surface area (Å²) in [7, 11) is 0. The number of anilines is 3. The molecule has 0 aromatic carbocycles. The molecular formula is C12H15N7. The third-order valence-corrected chi connectivity index (χ3v) is 3.12. The second-order valence-corrected chi connectivity index (χ2v) is 4.34. The maximum Gasteiger partial charge on any atom is 0.149 e. The van der Waals surface area contributed by atoms with E-state index < -0.39 is 0 Å². The van der Waals surface area contributed by atoms with E-state index in [0.29, 0.717) is 5.82 Å². The molecule has 7 nitrogen and oxygen atoms in total. The van der Waals surface area contributed by atoms with Crippen LogP contribution in [0.25, 0.3) is 0 Å². The van der Waals surface area contributed by atoms with Crippen molar-refractivity contribution in [3.8, 4) is 0 Å². The molecule has 0 spiro atoms. The predicted octanol–water partition coefficient (Wildman–Crippen LogP) is 0.175. The van der Waals surface area contributed by atoms with Crippen molar-refractivity contribution in [3.05, 3.63) is 31.0 Å². The highest BCUT2D eigenvalue weighted by Gasteiger charge is 2.19. The first-order chi connectivity index (χ1) is 9.33. The number of piperazine rings is 1. The van der Waals surface area contributed by atoms with Crippen molar-refractivity contribution in [3.63, 3.8) is 0 Å². The molecule has 98 valence electrons. The summed E-state index contributed by atoms with van der Waals surface area (Å²) in [6, 6.07) is 0. The van der Waals surface area contributed by atoms with E-state index in [2.05, 4.69) is 29.7 Å². The number of hydrogen-bond acceptors (Lipinski definition) is 7. The number of nitrogen functional groups attached to an aromatic ring is 1. The van der Waals surface area contributed by atoms with Gasteiger partial charge in [-0.2, -0.15) is 0 Å². The van der Waals surface area contributed by atoms with E-state index in [9.17, 15) is 0 Å². The summed E-state index contributed by atoms with van der Waals surface area (Å²) in [5, 5.41) is 0. The van der Waals surface area contributed by atoms with Crippen LogP contribution in [-0.2, 0) is 0 Å². The van der Waals surface area contributed by atoms with Crippen LogP contribution >= 0.6 is 0 Å². The molecule has 1 fully saturated rings. The van der Waals surface area contributed by atoms with Crippen LogP contribution in [0.15, 0.2) is 31.0 Å². The molecule has 0 unspecified atom stereocenters. The van der Waals surface area contributed by atoms with Gasteiger partial charge in [0.05, 0.1) is 18.6 Å². The molecule has 0 bridgehead atoms. The topological polar surface area (TPSA) is 84.1 Å². The average Bonchev–Trinajstić information content (AvgIpc) is 2.48. The highest BCUT2D eigenvalue weighted by Crippen LogP contribution is 2.16. The molecule has 0 radical (unpaired) electrons. The highest BCUT2D eigenvalue weighted by atomic mass is 15.3. The molecule has 0 aliphatic carbocycles. The Hall–Kier alpha value is -2.44. The van der Waals surface area contributed by atoms with Gasteiger partial charge in [0.25, 0.3) is 0 Å². The van der Waals surface area contributed by atoms with Crippen LogP contribution in [0.2, 0.25) is 0 Å². The zero-order chi connectivity index (χ0) is 13.1. The summed E-state index contributed by atoms with van der Waals surface area (Å²) < 4.78 is 0. The van der Waals surface area contributed by atoms with Gasteiger partial charge in [0, 0.05) is 38.6 Å². The largest absolute Gasteiger partial charge is 0.382 e. The highest BCUT2D eigenvalue weighted by molar-refractivity contribution is 5.45. The molecule has 3 rings (SSSR count). The predicted molar refractivity (Wildman–Crippen MR) is 72.9 cm³/mol. The molecule has 7 heteroatoms. The number of aromatic nitrogens is 4. The van der Waals surface area contributed by atoms with E-state index in [1.165, 1.54) is 0 Å². The van der Waals surface area contributed by atoms with E-state index >= 15 is 0 Å². The molecule has 3 heterocycles. The number of hydrogen-bond donors (Lipinski definition) is 1. The molecule has 0 amide bonds. The third-order valence-electron chi connectivity index (χ3n) is 3.12. The van der Waals surface area contributed by atoms with Crippen molar-refractivity contribution in [1.82, 2.24) is 19.9 Å². The van der Waals surface area contributed by atoms with Gasteiger partial charge in [0.2, 0.25) is 0 Å². The minimum atomic E-state index is 0.453. The second kappa shape index (κ2) is 5.05. The minimum Gasteiger partial charge on any atom is -0.382 e. The molecule has 2 aromatic heterocycles. The SMILES string of the molecule is Nc1cncc(N2CCN(c3cnccn3)CC2)n1. The number of nitrogens with two attached hydrogens (primary N) is 1. The quantitative estimate of drug-likeness (QED) is 0.821. The Kier molecular flexibility index (Phi) is 3.09. The van der Waals surface area contributed by atoms with Crippen molar-refractivity contribution in [2.75, 3.05) is 41.7 Å². The fourth-order valence-corrected chi connectivity index (χ4v) is 2.14. The van der Waals surface area contributed by atoms with Gasteiger partial charge in [0.1, 0.15) is 17.5 Å². The molecule has 0 saturated carbocycles. The lowest BCUT2D eigenvalue weighted by Crippen LogP contribution is -2.47. The molecule has 1 aliphatic heterocycles. The summed E-state index contributed by atoms with van der Waals surface area (Å²) in [6.45, 7) is 3.51. The first-order valence-corrected chi connectivity index (χ1v) is 6.16. The Morgan fingerprint density at radius 3 is 2.16 bits per heavy atom. The van der Waals surface area contributed by atoms with E-state index in [4.69, 9.17) is 5.73 Å². The Bertz CT molecular complexity index is 537. The second-order valence-electron chi connectivity index (χ2n) is 4.34. The molecule has 1 saturated heterocycles. The zero-order valence-corrected chi connectivity index (χ0v) is 10.5. The average molecular weight is 257 g/mol. The fourth-order valence-electron chi connectivity index (χ4n) is 2.14. The van der Waals surface area contributed by atoms with Gasteiger partial charge in [0.15, 0.2) is 0 Å². The number of rotatable bonds is 2. The Morgan fingerprint density at radius 2 is 1.53 bits per heavy atom. The van der Waals surface area contributed by atoms with Gasteiger partial charge < -0.3 is 15.5 Å². The van der Waals surface area contributed by atoms with Crippen molar-refractivity contribution < 1.29 is 0 Å². The van der Waals surface area contributed by atoms with E-state index in [1.807, 2.05) is 0 Å². The monoisotopic (exact) mass is 257 g/mol. The summed E-state index contributed by atoms with van der Waals surface area (Å²) in [5.74, 6) is 2.20. The van der Waals surface area contributed by atoms with E-state index in [1.54, 1.807) is 31.0 Å². The van der Waals surface area contributed by atoms with Crippen molar-refractivity contribution in [2.24, 2.45) is 0 Å². The Labute approximate surface area is 111 Å². The first-order valence-electron chi connectivity index (χ1n) is 6.16. The smallest absolute Gasteiger partial charge is 0.149 e. The Morgan fingerprint density at radius 1 is 0.842 bits per heavy atom. The maximum absolute atomic E-state index is 5.65. The van der Waals surface area contributed by atoms with Crippen LogP contribution in [0, 0.1) is 0 Å². The van der Waals surface area contributed by atoms with Gasteiger partial charge in [-0.1, -0.05) is 0 Å². The lowest BCUT2D eigenvalue weighted by Gasteiger charge is -2.35. The molecule has 2 N–H and O–H groups in total. The van der Waals surface area contributed by atoms with Crippen molar-refractivity contribution >= 4 is 17.5 Å². The summed E-state index contributed by atoms with van der Waals surface area (Å²) in [6.07, 6.45) is 8.48. The van der Waals surface area contributed by atoms with Gasteiger partial charge in [-0.25, -0.2) is 9.97 Å². The molecule has 0 atom stereocenters. The van der Waals surface area contributed by atoms with Crippen LogP contribution in [0.1, 0.15) is 0 Å². The van der Waals surface area contributed by atoms with Gasteiger partial charge in [-0.15, -0.1) is 0 Å². The lowest BCUT2D eigenvalue weighted by atomic mass is 10.3. The minimum absolute atomic E-state index is 0.453. The summed E-state index contributed by atoms with van der Waals surface area (Å²) in [5.41, 5.74) is 5.65. The first kappa shape index (κ1) is 11.6. The lowest BCUT2D eigenvalue weighted by molar-refractivity contribution is 0.640. The van der Waals surface area contributed by atoms with Crippen molar-refractivity contribution in [2.45, 2.75) is 0 Å². The Balaban J connectivity index is 1.67. The zero-order valence-electron chi connectivity index (χ0n) is 10.5. The molecule has 2 aromatic rings. The number of nitrogens with zero attached hydrogens (tertiary/aromatic N) is 6. The van der Waals surface area contributed by atoms with Crippen LogP contribution in [0.5, 0.6) is 0 Å². The maximum atomic E-state index is 5.65. The molecule has 1 aliphatic rings. The standard InChI is InChI=1S/C12H15N7/c13-10-7-15-9-12(17-10)19-5-3-18(4-6-19)11-8-14-1-2-16-11/h1-2,7-9H,3-6H2,(H2,13,17). The van der Waals surface area contributed by atoms with Crippen LogP contribution in [-0.4, -0.2) is 46.1 Å². The summed E-state index contributed by atoms with van der Waals surface area (Å²) >= 11 is 0. The van der Waals surface area contributed by atoms with Gasteiger partial charge >= 0.3 is 0 Å². The molecular weight excluding hydrogens is 242 g/mol. The fraction of sp³-hybridized carbons (Fsp3) is 0.333. The third kappa shape index (κ3) is 2.54. The van der Waals surface area contributed by atoms with E-state index in [-0.39, 0.29) is 0 Å². The van der Waals surface area contributed by atoms with Crippen LogP contribution in [0.3, 0.4) is 0 Å². The van der Waals surface area contributed by atoms with Gasteiger partial charge in [-0.05, 0) is 0 Å².